The second-order valence-electron chi connectivity index (χ2n) is 5.57. The van der Waals surface area contributed by atoms with Gasteiger partial charge in [-0.15, -0.1) is 0 Å². The third-order valence-electron chi connectivity index (χ3n) is 4.47. The summed E-state index contributed by atoms with van der Waals surface area (Å²) in [6.45, 7) is 2.46. The first-order valence-electron chi connectivity index (χ1n) is 7.50. The van der Waals surface area contributed by atoms with Gasteiger partial charge in [-0.25, -0.2) is 0 Å². The molecule has 1 unspecified atom stereocenters. The van der Waals surface area contributed by atoms with Crippen LogP contribution in [0.3, 0.4) is 0 Å². The first-order chi connectivity index (χ1) is 9.83. The van der Waals surface area contributed by atoms with E-state index >= 15 is 0 Å². The molecular weight excluding hydrogens is 250 g/mol. The number of ether oxygens (including phenoxy) is 2. The Morgan fingerprint density at radius 2 is 1.90 bits per heavy atom. The molecule has 0 radical (unpaired) electrons. The summed E-state index contributed by atoms with van der Waals surface area (Å²) in [7, 11) is 3.38. The van der Waals surface area contributed by atoms with Crippen molar-refractivity contribution in [1.29, 1.82) is 0 Å². The summed E-state index contributed by atoms with van der Waals surface area (Å²) >= 11 is 0. The van der Waals surface area contributed by atoms with Gasteiger partial charge in [0.25, 0.3) is 0 Å². The molecule has 108 valence electrons. The highest BCUT2D eigenvalue weighted by Crippen LogP contribution is 2.36. The molecule has 2 heterocycles. The van der Waals surface area contributed by atoms with Crippen LogP contribution in [0.25, 0.3) is 5.57 Å². The lowest BCUT2D eigenvalue weighted by Crippen LogP contribution is -2.42. The fraction of sp³-hybridized carbons (Fsp3) is 0.529. The van der Waals surface area contributed by atoms with Crippen LogP contribution in [0.1, 0.15) is 31.2 Å². The quantitative estimate of drug-likeness (QED) is 0.843. The number of methoxy groups -OCH3 is 2. The van der Waals surface area contributed by atoms with Gasteiger partial charge in [-0.1, -0.05) is 18.6 Å². The molecule has 1 aromatic carbocycles. The van der Waals surface area contributed by atoms with Crippen molar-refractivity contribution in [2.75, 3.05) is 27.3 Å². The number of hydrogen-bond donors (Lipinski definition) is 0. The second-order valence-corrected chi connectivity index (χ2v) is 5.57. The molecule has 3 nitrogen and oxygen atoms in total. The fourth-order valence-corrected chi connectivity index (χ4v) is 3.46. The Bertz CT molecular complexity index is 510. The number of hydrogen-bond acceptors (Lipinski definition) is 3. The zero-order chi connectivity index (χ0) is 13.9. The second kappa shape index (κ2) is 5.88. The first kappa shape index (κ1) is 13.5. The Morgan fingerprint density at radius 3 is 2.70 bits per heavy atom. The Labute approximate surface area is 121 Å². The maximum atomic E-state index is 5.44. The van der Waals surface area contributed by atoms with Crippen LogP contribution in [-0.2, 0) is 0 Å². The van der Waals surface area contributed by atoms with Gasteiger partial charge in [0.1, 0.15) is 0 Å². The minimum Gasteiger partial charge on any atom is -0.493 e. The van der Waals surface area contributed by atoms with Crippen LogP contribution >= 0.6 is 0 Å². The van der Waals surface area contributed by atoms with E-state index in [0.717, 1.165) is 17.9 Å². The van der Waals surface area contributed by atoms with Crippen LogP contribution in [0, 0.1) is 0 Å². The first-order valence-corrected chi connectivity index (χ1v) is 7.50. The minimum absolute atomic E-state index is 0.593. The molecule has 0 saturated carbocycles. The van der Waals surface area contributed by atoms with Crippen molar-refractivity contribution < 1.29 is 9.47 Å². The van der Waals surface area contributed by atoms with E-state index in [1.54, 1.807) is 14.2 Å². The lowest BCUT2D eigenvalue weighted by Gasteiger charge is -2.40. The SMILES string of the molecule is COc1ccc(C2=CCCN3CCCCC23)cc1OC. The van der Waals surface area contributed by atoms with Gasteiger partial charge in [0.2, 0.25) is 0 Å². The van der Waals surface area contributed by atoms with Gasteiger partial charge in [-0.3, -0.25) is 4.90 Å². The van der Waals surface area contributed by atoms with Crippen molar-refractivity contribution in [1.82, 2.24) is 4.90 Å². The Kier molecular flexibility index (Phi) is 3.97. The summed E-state index contributed by atoms with van der Waals surface area (Å²) in [5.41, 5.74) is 2.75. The van der Waals surface area contributed by atoms with E-state index < -0.39 is 0 Å². The molecule has 0 amide bonds. The van der Waals surface area contributed by atoms with E-state index in [1.807, 2.05) is 6.07 Å². The van der Waals surface area contributed by atoms with Gasteiger partial charge < -0.3 is 9.47 Å². The molecule has 3 heteroatoms. The van der Waals surface area contributed by atoms with Gasteiger partial charge in [0.05, 0.1) is 14.2 Å². The van der Waals surface area contributed by atoms with E-state index in [2.05, 4.69) is 23.1 Å². The molecule has 0 bridgehead atoms. The standard InChI is InChI=1S/C17H23NO2/c1-19-16-9-8-13(12-17(16)20-2)14-6-5-11-18-10-4-3-7-15(14)18/h6,8-9,12,15H,3-5,7,10-11H2,1-2H3. The van der Waals surface area contributed by atoms with E-state index in [0.29, 0.717) is 6.04 Å². The van der Waals surface area contributed by atoms with Gasteiger partial charge >= 0.3 is 0 Å². The van der Waals surface area contributed by atoms with Crippen molar-refractivity contribution in [2.24, 2.45) is 0 Å². The van der Waals surface area contributed by atoms with E-state index in [9.17, 15) is 0 Å². The molecule has 0 aliphatic carbocycles. The number of fused-ring (bicyclic) bond motifs is 1. The number of nitrogens with zero attached hydrogens (tertiary/aromatic N) is 1. The normalized spacial score (nSPS) is 22.9. The smallest absolute Gasteiger partial charge is 0.161 e. The summed E-state index contributed by atoms with van der Waals surface area (Å²) in [6.07, 6.45) is 7.52. The third kappa shape index (κ3) is 2.42. The Hall–Kier alpha value is -1.48. The summed E-state index contributed by atoms with van der Waals surface area (Å²) in [6, 6.07) is 6.88. The molecule has 1 atom stereocenters. The van der Waals surface area contributed by atoms with E-state index in [-0.39, 0.29) is 0 Å². The Morgan fingerprint density at radius 1 is 1.05 bits per heavy atom. The molecule has 20 heavy (non-hydrogen) atoms. The van der Waals surface area contributed by atoms with Crippen molar-refractivity contribution in [3.63, 3.8) is 0 Å². The van der Waals surface area contributed by atoms with Gasteiger partial charge in [-0.05, 0) is 49.1 Å². The maximum Gasteiger partial charge on any atom is 0.161 e. The zero-order valence-electron chi connectivity index (χ0n) is 12.4. The van der Waals surface area contributed by atoms with Crippen molar-refractivity contribution in [3.05, 3.63) is 29.8 Å². The van der Waals surface area contributed by atoms with Crippen molar-refractivity contribution in [2.45, 2.75) is 31.7 Å². The number of piperidine rings is 1. The van der Waals surface area contributed by atoms with Gasteiger partial charge in [0.15, 0.2) is 11.5 Å². The average molecular weight is 273 g/mol. The van der Waals surface area contributed by atoms with Crippen LogP contribution in [-0.4, -0.2) is 38.3 Å². The van der Waals surface area contributed by atoms with Crippen molar-refractivity contribution >= 4 is 5.57 Å². The number of benzene rings is 1. The summed E-state index contributed by atoms with van der Waals surface area (Å²) in [5, 5.41) is 0. The largest absolute Gasteiger partial charge is 0.493 e. The fourth-order valence-electron chi connectivity index (χ4n) is 3.46. The van der Waals surface area contributed by atoms with Crippen molar-refractivity contribution in [3.8, 4) is 11.5 Å². The summed E-state index contributed by atoms with van der Waals surface area (Å²) in [5.74, 6) is 1.62. The molecule has 0 spiro atoms. The highest BCUT2D eigenvalue weighted by Gasteiger charge is 2.28. The predicted molar refractivity (Wildman–Crippen MR) is 81.4 cm³/mol. The van der Waals surface area contributed by atoms with E-state index in [4.69, 9.17) is 9.47 Å². The molecule has 2 aliphatic rings. The maximum absolute atomic E-state index is 5.44. The van der Waals surface area contributed by atoms with Crippen LogP contribution in [0.2, 0.25) is 0 Å². The molecule has 1 aromatic rings. The highest BCUT2D eigenvalue weighted by atomic mass is 16.5. The lowest BCUT2D eigenvalue weighted by atomic mass is 9.87. The zero-order valence-corrected chi connectivity index (χ0v) is 12.4. The molecule has 2 aliphatic heterocycles. The molecule has 0 aromatic heterocycles. The molecule has 1 saturated heterocycles. The molecular formula is C17H23NO2. The summed E-state index contributed by atoms with van der Waals surface area (Å²) in [4.78, 5) is 2.63. The molecule has 3 rings (SSSR count). The molecule has 1 fully saturated rings. The van der Waals surface area contributed by atoms with Crippen LogP contribution in [0.15, 0.2) is 24.3 Å². The highest BCUT2D eigenvalue weighted by molar-refractivity contribution is 5.72. The van der Waals surface area contributed by atoms with Crippen LogP contribution < -0.4 is 9.47 Å². The number of rotatable bonds is 3. The van der Waals surface area contributed by atoms with Gasteiger partial charge in [0, 0.05) is 12.6 Å². The average Bonchev–Trinajstić information content (AvgIpc) is 2.53. The minimum atomic E-state index is 0.593. The van der Waals surface area contributed by atoms with Crippen LogP contribution in [0.5, 0.6) is 11.5 Å². The van der Waals surface area contributed by atoms with E-state index in [1.165, 1.54) is 43.5 Å². The summed E-state index contributed by atoms with van der Waals surface area (Å²) < 4.78 is 10.8. The lowest BCUT2D eigenvalue weighted by molar-refractivity contribution is 0.182. The monoisotopic (exact) mass is 273 g/mol. The third-order valence-corrected chi connectivity index (χ3v) is 4.47. The van der Waals surface area contributed by atoms with Crippen LogP contribution in [0.4, 0.5) is 0 Å². The predicted octanol–water partition coefficient (Wildman–Crippen LogP) is 3.35. The Balaban J connectivity index is 1.93. The van der Waals surface area contributed by atoms with Gasteiger partial charge in [-0.2, -0.15) is 0 Å². The molecule has 0 N–H and O–H groups in total. The topological polar surface area (TPSA) is 21.7 Å².